The van der Waals surface area contributed by atoms with E-state index in [1.807, 2.05) is 38.1 Å². The number of nitrogens with zero attached hydrogens (tertiary/aromatic N) is 1. The molecule has 0 unspecified atom stereocenters. The molecule has 27 heavy (non-hydrogen) atoms. The van der Waals surface area contributed by atoms with E-state index in [0.29, 0.717) is 40.8 Å². The van der Waals surface area contributed by atoms with Crippen molar-refractivity contribution >= 4 is 28.5 Å². The highest BCUT2D eigenvalue weighted by atomic mass is 35.5. The fourth-order valence-corrected chi connectivity index (χ4v) is 3.52. The predicted molar refractivity (Wildman–Crippen MR) is 103 cm³/mol. The van der Waals surface area contributed by atoms with E-state index >= 15 is 0 Å². The number of aromatic nitrogens is 1. The van der Waals surface area contributed by atoms with Gasteiger partial charge in [-0.1, -0.05) is 35.0 Å². The molecule has 0 aliphatic carbocycles. The molecule has 0 atom stereocenters. The molecule has 0 spiro atoms. The van der Waals surface area contributed by atoms with E-state index in [9.17, 15) is 4.79 Å². The van der Waals surface area contributed by atoms with Crippen molar-refractivity contribution in [2.24, 2.45) is 0 Å². The molecular formula is C20H20ClN3O3. The summed E-state index contributed by atoms with van der Waals surface area (Å²) in [6, 6.07) is 11.1. The van der Waals surface area contributed by atoms with Gasteiger partial charge in [-0.15, -0.1) is 0 Å². The summed E-state index contributed by atoms with van der Waals surface area (Å²) in [5.41, 5.74) is 1.85. The average Bonchev–Trinajstić information content (AvgIpc) is 2.94. The lowest BCUT2D eigenvalue weighted by atomic mass is 9.96. The summed E-state index contributed by atoms with van der Waals surface area (Å²) in [6.07, 6.45) is 0. The number of nitrogens with one attached hydrogen (secondary N) is 2. The van der Waals surface area contributed by atoms with Crippen LogP contribution in [-0.2, 0) is 12.1 Å². The molecule has 2 N–H and O–H groups in total. The fourth-order valence-electron chi connectivity index (χ4n) is 3.31. The molecule has 2 aromatic carbocycles. The summed E-state index contributed by atoms with van der Waals surface area (Å²) in [6.45, 7) is 5.70. The Morgan fingerprint density at radius 3 is 2.93 bits per heavy atom. The second-order valence-corrected chi connectivity index (χ2v) is 7.45. The van der Waals surface area contributed by atoms with E-state index < -0.39 is 5.54 Å². The number of carbonyl (C=O) groups excluding carboxylic acids is 1. The monoisotopic (exact) mass is 385 g/mol. The third-order valence-electron chi connectivity index (χ3n) is 4.65. The number of amides is 1. The first-order valence-electron chi connectivity index (χ1n) is 8.79. The molecule has 0 fully saturated rings. The smallest absolute Gasteiger partial charge is 0.255 e. The van der Waals surface area contributed by atoms with E-state index in [0.717, 1.165) is 17.5 Å². The van der Waals surface area contributed by atoms with Crippen molar-refractivity contribution in [1.82, 2.24) is 15.8 Å². The molecule has 1 amide bonds. The van der Waals surface area contributed by atoms with Crippen molar-refractivity contribution < 1.29 is 14.1 Å². The molecule has 0 saturated carbocycles. The quantitative estimate of drug-likeness (QED) is 0.720. The molecule has 140 valence electrons. The summed E-state index contributed by atoms with van der Waals surface area (Å²) in [7, 11) is 0. The predicted octanol–water partition coefficient (Wildman–Crippen LogP) is 3.63. The van der Waals surface area contributed by atoms with Crippen LogP contribution < -0.4 is 15.4 Å². The van der Waals surface area contributed by atoms with Crippen LogP contribution in [0.4, 0.5) is 0 Å². The Kier molecular flexibility index (Phi) is 4.53. The third kappa shape index (κ3) is 3.26. The standard InChI is InChI=1S/C20H20ClN3O3/c1-20(2,18-13-6-4-8-15(21)17(13)27-24-18)23-19(25)14-7-3-5-12-11-22-9-10-26-16(12)14/h3-8,22H,9-11H2,1-2H3,(H,23,25). The number of rotatable bonds is 3. The molecule has 7 heteroatoms. The average molecular weight is 386 g/mol. The Morgan fingerprint density at radius 2 is 2.07 bits per heavy atom. The topological polar surface area (TPSA) is 76.4 Å². The normalized spacial score (nSPS) is 14.3. The zero-order chi connectivity index (χ0) is 19.0. The van der Waals surface area contributed by atoms with Gasteiger partial charge in [-0.25, -0.2) is 0 Å². The van der Waals surface area contributed by atoms with Gasteiger partial charge in [-0.3, -0.25) is 4.79 Å². The van der Waals surface area contributed by atoms with E-state index in [4.69, 9.17) is 20.9 Å². The van der Waals surface area contributed by atoms with Crippen molar-refractivity contribution in [1.29, 1.82) is 0 Å². The van der Waals surface area contributed by atoms with Crippen LogP contribution in [0, 0.1) is 0 Å². The maximum Gasteiger partial charge on any atom is 0.255 e. The molecule has 2 heterocycles. The molecule has 1 aliphatic rings. The zero-order valence-electron chi connectivity index (χ0n) is 15.1. The van der Waals surface area contributed by atoms with Crippen LogP contribution in [0.2, 0.25) is 5.02 Å². The molecule has 4 rings (SSSR count). The number of ether oxygens (including phenoxy) is 1. The molecule has 6 nitrogen and oxygen atoms in total. The molecule has 1 aromatic heterocycles. The zero-order valence-corrected chi connectivity index (χ0v) is 15.9. The second-order valence-electron chi connectivity index (χ2n) is 7.05. The summed E-state index contributed by atoms with van der Waals surface area (Å²) < 4.78 is 11.2. The van der Waals surface area contributed by atoms with Crippen molar-refractivity contribution in [3.8, 4) is 5.75 Å². The number of hydrogen-bond acceptors (Lipinski definition) is 5. The van der Waals surface area contributed by atoms with Crippen molar-refractivity contribution in [2.75, 3.05) is 13.2 Å². The third-order valence-corrected chi connectivity index (χ3v) is 4.95. The SMILES string of the molecule is CC(C)(NC(=O)c1cccc2c1OCCNC2)c1noc2c(Cl)cccc12. The van der Waals surface area contributed by atoms with Crippen LogP contribution in [0.25, 0.3) is 11.0 Å². The van der Waals surface area contributed by atoms with Gasteiger partial charge in [0.25, 0.3) is 5.91 Å². The number of para-hydroxylation sites is 2. The highest BCUT2D eigenvalue weighted by Crippen LogP contribution is 2.33. The number of fused-ring (bicyclic) bond motifs is 2. The lowest BCUT2D eigenvalue weighted by molar-refractivity contribution is 0.0905. The maximum absolute atomic E-state index is 13.0. The molecule has 0 radical (unpaired) electrons. The van der Waals surface area contributed by atoms with Crippen molar-refractivity contribution in [2.45, 2.75) is 25.9 Å². The van der Waals surface area contributed by atoms with Crippen molar-refractivity contribution in [3.05, 3.63) is 58.2 Å². The Balaban J connectivity index is 1.67. The molecule has 1 aliphatic heterocycles. The first kappa shape index (κ1) is 17.8. The minimum absolute atomic E-state index is 0.225. The number of halogens is 1. The minimum Gasteiger partial charge on any atom is -0.491 e. The Bertz CT molecular complexity index is 1010. The lowest BCUT2D eigenvalue weighted by Gasteiger charge is -2.25. The summed E-state index contributed by atoms with van der Waals surface area (Å²) >= 11 is 6.17. The highest BCUT2D eigenvalue weighted by molar-refractivity contribution is 6.34. The number of carbonyl (C=O) groups is 1. The Hall–Kier alpha value is -2.57. The minimum atomic E-state index is -0.765. The van der Waals surface area contributed by atoms with Crippen molar-refractivity contribution in [3.63, 3.8) is 0 Å². The molecular weight excluding hydrogens is 366 g/mol. The van der Waals surface area contributed by atoms with Crippen LogP contribution in [0.15, 0.2) is 40.9 Å². The first-order chi connectivity index (χ1) is 13.0. The van der Waals surface area contributed by atoms with Gasteiger partial charge in [-0.2, -0.15) is 0 Å². The Labute approximate surface area is 161 Å². The molecule has 3 aromatic rings. The molecule has 0 saturated heterocycles. The van der Waals surface area contributed by atoms with Gasteiger partial charge in [-0.05, 0) is 32.0 Å². The summed E-state index contributed by atoms with van der Waals surface area (Å²) in [5.74, 6) is 0.404. The number of benzene rings is 2. The van der Waals surface area contributed by atoms with Gasteiger partial charge >= 0.3 is 0 Å². The Morgan fingerprint density at radius 1 is 1.26 bits per heavy atom. The maximum atomic E-state index is 13.0. The van der Waals surface area contributed by atoms with Crippen LogP contribution >= 0.6 is 11.6 Å². The largest absolute Gasteiger partial charge is 0.491 e. The second kappa shape index (κ2) is 6.87. The van der Waals surface area contributed by atoms with Gasteiger partial charge in [0, 0.05) is 24.0 Å². The van der Waals surface area contributed by atoms with E-state index in [1.54, 1.807) is 12.1 Å². The number of hydrogen-bond donors (Lipinski definition) is 2. The summed E-state index contributed by atoms with van der Waals surface area (Å²) in [4.78, 5) is 13.0. The molecule has 0 bridgehead atoms. The fraction of sp³-hybridized carbons (Fsp3) is 0.300. The van der Waals surface area contributed by atoms with Crippen LogP contribution in [0.3, 0.4) is 0 Å². The van der Waals surface area contributed by atoms with Gasteiger partial charge in [0.1, 0.15) is 18.1 Å². The van der Waals surface area contributed by atoms with Gasteiger partial charge < -0.3 is 19.9 Å². The van der Waals surface area contributed by atoms with Gasteiger partial charge in [0.15, 0.2) is 5.58 Å². The lowest BCUT2D eigenvalue weighted by Crippen LogP contribution is -2.41. The van der Waals surface area contributed by atoms with E-state index in [1.165, 1.54) is 0 Å². The summed E-state index contributed by atoms with van der Waals surface area (Å²) in [5, 5.41) is 11.8. The van der Waals surface area contributed by atoms with E-state index in [2.05, 4.69) is 15.8 Å². The van der Waals surface area contributed by atoms with E-state index in [-0.39, 0.29) is 5.91 Å². The first-order valence-corrected chi connectivity index (χ1v) is 9.17. The van der Waals surface area contributed by atoms with Gasteiger partial charge in [0.2, 0.25) is 0 Å². The highest BCUT2D eigenvalue weighted by Gasteiger charge is 2.31. The van der Waals surface area contributed by atoms with Crippen LogP contribution in [-0.4, -0.2) is 24.2 Å². The van der Waals surface area contributed by atoms with Crippen LogP contribution in [0.1, 0.15) is 35.5 Å². The van der Waals surface area contributed by atoms with Gasteiger partial charge in [0.05, 0.1) is 16.1 Å². The van der Waals surface area contributed by atoms with Crippen LogP contribution in [0.5, 0.6) is 5.75 Å².